The summed E-state index contributed by atoms with van der Waals surface area (Å²) >= 11 is 0. The summed E-state index contributed by atoms with van der Waals surface area (Å²) in [6.07, 6.45) is 13.7. The molecule has 0 saturated heterocycles. The molecule has 184 valence electrons. The van der Waals surface area contributed by atoms with E-state index < -0.39 is 0 Å². The van der Waals surface area contributed by atoms with Crippen molar-refractivity contribution in [1.29, 1.82) is 0 Å². The van der Waals surface area contributed by atoms with Crippen LogP contribution < -0.4 is 28.7 Å². The third-order valence-electron chi connectivity index (χ3n) is 3.26. The Morgan fingerprint density at radius 3 is 1.00 bits per heavy atom. The van der Waals surface area contributed by atoms with Crippen LogP contribution in [0.15, 0.2) is 0 Å². The van der Waals surface area contributed by atoms with E-state index >= 15 is 0 Å². The highest BCUT2D eigenvalue weighted by Crippen LogP contribution is 2.10. The second-order valence-corrected chi connectivity index (χ2v) is 5.62. The molecule has 10 N–H and O–H groups in total. The van der Waals surface area contributed by atoms with Gasteiger partial charge >= 0.3 is 0 Å². The predicted molar refractivity (Wildman–Crippen MR) is 125 cm³/mol. The zero-order valence-electron chi connectivity index (χ0n) is 20.1. The van der Waals surface area contributed by atoms with Crippen LogP contribution in [0.5, 0.6) is 0 Å². The van der Waals surface area contributed by atoms with Crippen molar-refractivity contribution in [2.24, 2.45) is 28.7 Å². The minimum absolute atomic E-state index is 0.319. The molecule has 9 nitrogen and oxygen atoms in total. The Balaban J connectivity index is -0.000000112. The van der Waals surface area contributed by atoms with Crippen molar-refractivity contribution in [3.63, 3.8) is 0 Å². The summed E-state index contributed by atoms with van der Waals surface area (Å²) < 4.78 is 18.0. The minimum atomic E-state index is 0.319. The summed E-state index contributed by atoms with van der Waals surface area (Å²) in [7, 11) is 6.17. The van der Waals surface area contributed by atoms with Crippen LogP contribution in [0, 0.1) is 0 Å². The van der Waals surface area contributed by atoms with Gasteiger partial charge in [-0.15, -0.1) is 0 Å². The number of rotatable bonds is 15. The fourth-order valence-electron chi connectivity index (χ4n) is 1.77. The third kappa shape index (κ3) is 84.8. The van der Waals surface area contributed by atoms with Gasteiger partial charge in [-0.2, -0.15) is 0 Å². The zero-order chi connectivity index (χ0) is 23.4. The topological polar surface area (TPSA) is 167 Å². The zero-order valence-corrected chi connectivity index (χ0v) is 20.1. The number of hydrogen-bond acceptors (Lipinski definition) is 9. The standard InChI is InChI=1S/C13H29NO.3C2H7NO.CH5N/c1-2-3-4-5-6-7-8-9-10-11-12-15-13-14;3*1-4-2-3;1-2/h2-14H2,1H3;3*2-3H2,1H3;2H2,1H3. The molecule has 0 heterocycles. The summed E-state index contributed by atoms with van der Waals surface area (Å²) in [6.45, 7) is 4.44. The highest BCUT2D eigenvalue weighted by Gasteiger charge is 1.92. The summed E-state index contributed by atoms with van der Waals surface area (Å²) in [5.74, 6) is 0. The first kappa shape index (κ1) is 39.2. The van der Waals surface area contributed by atoms with Gasteiger partial charge in [-0.1, -0.05) is 64.7 Å². The lowest BCUT2D eigenvalue weighted by atomic mass is 10.1. The van der Waals surface area contributed by atoms with Crippen molar-refractivity contribution in [3.8, 4) is 0 Å². The Bertz CT molecular complexity index is 169. The number of unbranched alkanes of at least 4 members (excludes halogenated alkanes) is 9. The molecule has 0 bridgehead atoms. The van der Waals surface area contributed by atoms with Gasteiger partial charge in [-0.05, 0) is 13.5 Å². The van der Waals surface area contributed by atoms with Crippen LogP contribution in [0.3, 0.4) is 0 Å². The van der Waals surface area contributed by atoms with Crippen molar-refractivity contribution in [2.75, 3.05) is 61.9 Å². The van der Waals surface area contributed by atoms with Crippen LogP contribution in [-0.4, -0.2) is 61.9 Å². The molecule has 0 saturated carbocycles. The molecule has 29 heavy (non-hydrogen) atoms. The predicted octanol–water partition coefficient (Wildman–Crippen LogP) is 2.06. The molecule has 0 radical (unpaired) electrons. The van der Waals surface area contributed by atoms with Gasteiger partial charge in [0.25, 0.3) is 0 Å². The molecule has 0 aromatic heterocycles. The van der Waals surface area contributed by atoms with Crippen LogP contribution >= 0.6 is 0 Å². The van der Waals surface area contributed by atoms with E-state index in [1.807, 2.05) is 0 Å². The number of nitrogens with two attached hydrogens (primary N) is 5. The van der Waals surface area contributed by atoms with Crippen molar-refractivity contribution in [2.45, 2.75) is 71.1 Å². The molecule has 0 amide bonds. The van der Waals surface area contributed by atoms with E-state index in [-0.39, 0.29) is 0 Å². The first-order chi connectivity index (χ1) is 14.2. The first-order valence-corrected chi connectivity index (χ1v) is 10.6. The molecule has 0 unspecified atom stereocenters. The van der Waals surface area contributed by atoms with E-state index in [1.54, 1.807) is 21.3 Å². The summed E-state index contributed by atoms with van der Waals surface area (Å²) in [4.78, 5) is 0. The maximum Gasteiger partial charge on any atom is 0.0940 e. The van der Waals surface area contributed by atoms with Gasteiger partial charge in [-0.3, -0.25) is 0 Å². The van der Waals surface area contributed by atoms with E-state index in [0.29, 0.717) is 26.9 Å². The van der Waals surface area contributed by atoms with Crippen LogP contribution in [-0.2, 0) is 18.9 Å². The highest BCUT2D eigenvalue weighted by molar-refractivity contribution is 4.47. The van der Waals surface area contributed by atoms with E-state index in [4.69, 9.17) is 27.7 Å². The first-order valence-electron chi connectivity index (χ1n) is 10.6. The van der Waals surface area contributed by atoms with Gasteiger partial charge in [0, 0.05) is 27.9 Å². The molecule has 0 aliphatic rings. The lowest BCUT2D eigenvalue weighted by Crippen LogP contribution is -2.05. The molecule has 0 aliphatic carbocycles. The van der Waals surface area contributed by atoms with E-state index in [1.165, 1.54) is 71.3 Å². The highest BCUT2D eigenvalue weighted by atomic mass is 16.5. The van der Waals surface area contributed by atoms with Gasteiger partial charge in [0.2, 0.25) is 0 Å². The second kappa shape index (κ2) is 56.5. The van der Waals surface area contributed by atoms with Gasteiger partial charge in [0.15, 0.2) is 0 Å². The molecule has 9 heteroatoms. The van der Waals surface area contributed by atoms with Gasteiger partial charge in [0.05, 0.1) is 26.9 Å². The Labute approximate surface area is 181 Å². The van der Waals surface area contributed by atoms with Crippen molar-refractivity contribution < 1.29 is 18.9 Å². The quantitative estimate of drug-likeness (QED) is 0.193. The molecule has 0 rings (SSSR count). The molecule has 0 aliphatic heterocycles. The molecule has 0 atom stereocenters. The van der Waals surface area contributed by atoms with Gasteiger partial charge in [0.1, 0.15) is 0 Å². The molecule has 0 aromatic rings. The SMILES string of the molecule is CCCCCCCCCCCCOCN.CN.COCN.COCN.COCN. The fourth-order valence-corrected chi connectivity index (χ4v) is 1.77. The van der Waals surface area contributed by atoms with Crippen molar-refractivity contribution in [3.05, 3.63) is 0 Å². The fraction of sp³-hybridized carbons (Fsp3) is 1.00. The van der Waals surface area contributed by atoms with E-state index in [2.05, 4.69) is 26.9 Å². The number of hydrogen-bond donors (Lipinski definition) is 5. The lowest BCUT2D eigenvalue weighted by Gasteiger charge is -2.02. The molecule has 0 aromatic carbocycles. The minimum Gasteiger partial charge on any atom is -0.370 e. The molecular weight excluding hydrogens is 374 g/mol. The molecular formula is C20H55N5O4. The van der Waals surface area contributed by atoms with E-state index in [9.17, 15) is 0 Å². The van der Waals surface area contributed by atoms with Crippen molar-refractivity contribution >= 4 is 0 Å². The van der Waals surface area contributed by atoms with Crippen LogP contribution in [0.1, 0.15) is 71.1 Å². The smallest absolute Gasteiger partial charge is 0.0940 e. The Morgan fingerprint density at radius 1 is 0.483 bits per heavy atom. The average molecular weight is 430 g/mol. The van der Waals surface area contributed by atoms with Gasteiger partial charge in [-0.25, -0.2) is 0 Å². The second-order valence-electron chi connectivity index (χ2n) is 5.62. The van der Waals surface area contributed by atoms with Crippen LogP contribution in [0.4, 0.5) is 0 Å². The Kier molecular flexibility index (Phi) is 76.2. The maximum absolute atomic E-state index is 5.23. The monoisotopic (exact) mass is 429 g/mol. The maximum atomic E-state index is 5.23. The Hall–Kier alpha value is -0.360. The van der Waals surface area contributed by atoms with Gasteiger partial charge < -0.3 is 47.6 Å². The summed E-state index contributed by atoms with van der Waals surface area (Å²) in [5.41, 5.74) is 24.1. The summed E-state index contributed by atoms with van der Waals surface area (Å²) in [6, 6.07) is 0. The summed E-state index contributed by atoms with van der Waals surface area (Å²) in [5, 5.41) is 0. The van der Waals surface area contributed by atoms with Crippen molar-refractivity contribution in [1.82, 2.24) is 0 Å². The van der Waals surface area contributed by atoms with E-state index in [0.717, 1.165) is 6.61 Å². The van der Waals surface area contributed by atoms with Crippen LogP contribution in [0.2, 0.25) is 0 Å². The molecule has 0 spiro atoms. The van der Waals surface area contributed by atoms with Crippen LogP contribution in [0.25, 0.3) is 0 Å². The Morgan fingerprint density at radius 2 is 0.759 bits per heavy atom. The lowest BCUT2D eigenvalue weighted by molar-refractivity contribution is 0.136. The normalized spacial score (nSPS) is 8.90. The number of ether oxygens (including phenoxy) is 4. The largest absolute Gasteiger partial charge is 0.370 e. The number of methoxy groups -OCH3 is 3. The average Bonchev–Trinajstić information content (AvgIpc) is 2.79. The third-order valence-corrected chi connectivity index (χ3v) is 3.26. The molecule has 0 fully saturated rings.